The number of carbonyl (C=O) groups excluding carboxylic acids is 1. The molecule has 7 nitrogen and oxygen atoms in total. The summed E-state index contributed by atoms with van der Waals surface area (Å²) in [6, 6.07) is 0. The van der Waals surface area contributed by atoms with Crippen LogP contribution in [-0.2, 0) is 14.4 Å². The van der Waals surface area contributed by atoms with E-state index in [1.165, 1.54) is 57.8 Å². The van der Waals surface area contributed by atoms with E-state index in [4.69, 9.17) is 10.2 Å². The maximum atomic E-state index is 11.1. The minimum Gasteiger partial charge on any atom is -0.544 e. The van der Waals surface area contributed by atoms with E-state index in [0.29, 0.717) is 6.42 Å². The molecule has 0 radical (unpaired) electrons. The first-order valence-electron chi connectivity index (χ1n) is 12.4. The summed E-state index contributed by atoms with van der Waals surface area (Å²) in [6.45, 7) is 0.825. The molecular weight excluding hydrogens is 410 g/mol. The number of unbranched alkanes of at least 4 members (excludes halogenated alkanes) is 13. The second-order valence-electron chi connectivity index (χ2n) is 8.99. The summed E-state index contributed by atoms with van der Waals surface area (Å²) < 4.78 is -0.501. The second kappa shape index (κ2) is 19.8. The van der Waals surface area contributed by atoms with Gasteiger partial charge in [-0.1, -0.05) is 76.9 Å². The lowest BCUT2D eigenvalue weighted by Gasteiger charge is -2.36. The highest BCUT2D eigenvalue weighted by atomic mass is 16.4. The average molecular weight is 456 g/mol. The molecule has 0 aromatic carbocycles. The maximum Gasteiger partial charge on any atom is 0.359 e. The first kappa shape index (κ1) is 30.1. The van der Waals surface area contributed by atoms with Crippen LogP contribution in [0.1, 0.15) is 103 Å². The van der Waals surface area contributed by atoms with E-state index in [-0.39, 0.29) is 6.54 Å². The highest BCUT2D eigenvalue weighted by molar-refractivity contribution is 5.72. The molecule has 7 heteroatoms. The van der Waals surface area contributed by atoms with Crippen molar-refractivity contribution >= 4 is 17.9 Å². The highest BCUT2D eigenvalue weighted by Crippen LogP contribution is 2.14. The SMILES string of the molecule is CCCCCCC/C=C/CCCCCCCCCC[N+](CC(=O)[O-])(CC(=O)O)CC(=O)O. The molecule has 0 aliphatic rings. The summed E-state index contributed by atoms with van der Waals surface area (Å²) in [6.07, 6.45) is 22.0. The number of rotatable bonds is 23. The van der Waals surface area contributed by atoms with Crippen LogP contribution in [0.3, 0.4) is 0 Å². The fourth-order valence-corrected chi connectivity index (χ4v) is 4.12. The van der Waals surface area contributed by atoms with Gasteiger partial charge in [-0.25, -0.2) is 9.59 Å². The van der Waals surface area contributed by atoms with Gasteiger partial charge in [-0.2, -0.15) is 0 Å². The normalized spacial score (nSPS) is 11.8. The van der Waals surface area contributed by atoms with Gasteiger partial charge in [-0.05, 0) is 38.5 Å². The summed E-state index contributed by atoms with van der Waals surface area (Å²) in [7, 11) is 0. The highest BCUT2D eigenvalue weighted by Gasteiger charge is 2.33. The topological polar surface area (TPSA) is 115 Å². The Balaban J connectivity index is 3.85. The number of carboxylic acid groups (broad SMARTS) is 3. The van der Waals surface area contributed by atoms with Crippen LogP contribution in [0.4, 0.5) is 0 Å². The third kappa shape index (κ3) is 18.8. The fraction of sp³-hybridized carbons (Fsp3) is 0.800. The molecule has 0 heterocycles. The van der Waals surface area contributed by atoms with E-state index in [0.717, 1.165) is 32.1 Å². The Kier molecular flexibility index (Phi) is 18.6. The van der Waals surface area contributed by atoms with Crippen molar-refractivity contribution < 1.29 is 34.2 Å². The molecule has 0 saturated heterocycles. The lowest BCUT2D eigenvalue weighted by Crippen LogP contribution is -2.59. The van der Waals surface area contributed by atoms with Gasteiger partial charge in [0.15, 0.2) is 13.1 Å². The van der Waals surface area contributed by atoms with Crippen molar-refractivity contribution in [3.63, 3.8) is 0 Å². The van der Waals surface area contributed by atoms with E-state index in [1.54, 1.807) is 0 Å². The van der Waals surface area contributed by atoms with Crippen LogP contribution in [0.15, 0.2) is 12.2 Å². The molecule has 0 amide bonds. The van der Waals surface area contributed by atoms with E-state index < -0.39 is 42.0 Å². The average Bonchev–Trinajstić information content (AvgIpc) is 2.68. The summed E-state index contributed by atoms with van der Waals surface area (Å²) in [5.74, 6) is -3.82. The molecule has 0 atom stereocenters. The van der Waals surface area contributed by atoms with E-state index in [2.05, 4.69) is 19.1 Å². The number of carbonyl (C=O) groups is 3. The zero-order valence-electron chi connectivity index (χ0n) is 20.1. The Morgan fingerprint density at radius 1 is 0.656 bits per heavy atom. The van der Waals surface area contributed by atoms with Crippen LogP contribution >= 0.6 is 0 Å². The summed E-state index contributed by atoms with van der Waals surface area (Å²) in [5.41, 5.74) is 0. The van der Waals surface area contributed by atoms with Crippen molar-refractivity contribution in [2.24, 2.45) is 0 Å². The molecule has 0 aromatic heterocycles. The fourth-order valence-electron chi connectivity index (χ4n) is 4.12. The third-order valence-electron chi connectivity index (χ3n) is 5.80. The van der Waals surface area contributed by atoms with E-state index in [9.17, 15) is 19.5 Å². The van der Waals surface area contributed by atoms with Crippen molar-refractivity contribution in [3.05, 3.63) is 12.2 Å². The second-order valence-corrected chi connectivity index (χ2v) is 8.99. The predicted octanol–water partition coefficient (Wildman–Crippen LogP) is 4.15. The minimum atomic E-state index is -1.42. The largest absolute Gasteiger partial charge is 0.544 e. The molecule has 0 bridgehead atoms. The van der Waals surface area contributed by atoms with Crippen molar-refractivity contribution in [2.45, 2.75) is 103 Å². The van der Waals surface area contributed by atoms with Crippen molar-refractivity contribution in [1.82, 2.24) is 0 Å². The van der Waals surface area contributed by atoms with Crippen LogP contribution in [0.5, 0.6) is 0 Å². The number of aliphatic carboxylic acids is 3. The lowest BCUT2D eigenvalue weighted by molar-refractivity contribution is -0.909. The maximum absolute atomic E-state index is 11.1. The number of nitrogens with zero attached hydrogens (tertiary/aromatic N) is 1. The molecule has 0 aliphatic heterocycles. The quantitative estimate of drug-likeness (QED) is 0.136. The van der Waals surface area contributed by atoms with Gasteiger partial charge >= 0.3 is 11.9 Å². The number of hydrogen-bond donors (Lipinski definition) is 2. The molecule has 0 aromatic rings. The van der Waals surface area contributed by atoms with Crippen molar-refractivity contribution in [1.29, 1.82) is 0 Å². The van der Waals surface area contributed by atoms with E-state index >= 15 is 0 Å². The summed E-state index contributed by atoms with van der Waals surface area (Å²) >= 11 is 0. The lowest BCUT2D eigenvalue weighted by atomic mass is 10.1. The molecule has 0 rings (SSSR count). The minimum absolute atomic E-state index is 0.220. The molecule has 186 valence electrons. The molecule has 32 heavy (non-hydrogen) atoms. The molecule has 0 fully saturated rings. The van der Waals surface area contributed by atoms with Crippen LogP contribution < -0.4 is 5.11 Å². The zero-order valence-corrected chi connectivity index (χ0v) is 20.1. The first-order chi connectivity index (χ1) is 15.3. The Morgan fingerprint density at radius 3 is 1.47 bits per heavy atom. The molecule has 0 spiro atoms. The van der Waals surface area contributed by atoms with Crippen LogP contribution in [0.2, 0.25) is 0 Å². The molecule has 0 aliphatic carbocycles. The molecule has 2 N–H and O–H groups in total. The summed E-state index contributed by atoms with van der Waals surface area (Å²) in [5, 5.41) is 29.2. The first-order valence-corrected chi connectivity index (χ1v) is 12.4. The molecule has 0 saturated carbocycles. The molecular formula is C25H45NO6. The van der Waals surface area contributed by atoms with Crippen molar-refractivity contribution in [2.75, 3.05) is 26.2 Å². The Morgan fingerprint density at radius 2 is 1.06 bits per heavy atom. The van der Waals surface area contributed by atoms with Crippen LogP contribution in [0.25, 0.3) is 0 Å². The van der Waals surface area contributed by atoms with Crippen LogP contribution in [0, 0.1) is 0 Å². The Bertz CT molecular complexity index is 506. The van der Waals surface area contributed by atoms with Gasteiger partial charge in [0, 0.05) is 0 Å². The van der Waals surface area contributed by atoms with Gasteiger partial charge in [0.1, 0.15) is 6.54 Å². The summed E-state index contributed by atoms with van der Waals surface area (Å²) in [4.78, 5) is 33.3. The smallest absolute Gasteiger partial charge is 0.359 e. The number of hydrogen-bond acceptors (Lipinski definition) is 4. The number of quaternary nitrogens is 1. The van der Waals surface area contributed by atoms with E-state index in [1.807, 2.05) is 0 Å². The number of carboxylic acids is 3. The Labute approximate surface area is 194 Å². The zero-order chi connectivity index (χ0) is 24.1. The predicted molar refractivity (Wildman–Crippen MR) is 124 cm³/mol. The third-order valence-corrected chi connectivity index (χ3v) is 5.80. The van der Waals surface area contributed by atoms with Crippen LogP contribution in [-0.4, -0.2) is 58.8 Å². The van der Waals surface area contributed by atoms with Crippen molar-refractivity contribution in [3.8, 4) is 0 Å². The van der Waals surface area contributed by atoms with Gasteiger partial charge < -0.3 is 24.6 Å². The monoisotopic (exact) mass is 455 g/mol. The van der Waals surface area contributed by atoms with Gasteiger partial charge in [0.25, 0.3) is 0 Å². The van der Waals surface area contributed by atoms with Gasteiger partial charge in [-0.15, -0.1) is 0 Å². The van der Waals surface area contributed by atoms with Gasteiger partial charge in [-0.3, -0.25) is 0 Å². The number of allylic oxidation sites excluding steroid dienone is 2. The standard InChI is InChI=1S/C25H45NO6/c1-2-3-4-5-6-7-8-9-10-11-12-13-14-15-16-17-18-19-26(20-23(27)28,21-24(29)30)22-25(31)32/h8-9H,2-7,10-22H2,1H3,(H2-,27,28,29,30,31,32)/b9-8+. The molecule has 0 unspecified atom stereocenters. The van der Waals surface area contributed by atoms with Gasteiger partial charge in [0.2, 0.25) is 0 Å². The Hall–Kier alpha value is -1.89. The van der Waals surface area contributed by atoms with Gasteiger partial charge in [0.05, 0.1) is 12.5 Å².